The molecule has 0 atom stereocenters. The van der Waals surface area contributed by atoms with Crippen LogP contribution in [0.2, 0.25) is 0 Å². The van der Waals surface area contributed by atoms with E-state index in [1.807, 2.05) is 30.3 Å². The van der Waals surface area contributed by atoms with Crippen molar-refractivity contribution in [2.75, 3.05) is 0 Å². The largest absolute Gasteiger partial charge is 0.455 e. The first kappa shape index (κ1) is 30.8. The van der Waals surface area contributed by atoms with Gasteiger partial charge in [0.25, 0.3) is 0 Å². The maximum absolute atomic E-state index is 6.96. The van der Waals surface area contributed by atoms with Crippen LogP contribution in [0.1, 0.15) is 0 Å². The second-order valence-corrected chi connectivity index (χ2v) is 14.4. The summed E-state index contributed by atoms with van der Waals surface area (Å²) in [5, 5.41) is 11.2. The molecule has 12 rings (SSSR count). The molecule has 0 spiro atoms. The Bertz CT molecular complexity index is 3540. The quantitative estimate of drug-likeness (QED) is 0.182. The Hall–Kier alpha value is -7.63. The third-order valence-corrected chi connectivity index (χ3v) is 11.2. The van der Waals surface area contributed by atoms with Crippen LogP contribution in [0.4, 0.5) is 0 Å². The van der Waals surface area contributed by atoms with Crippen LogP contribution in [0.5, 0.6) is 0 Å². The van der Waals surface area contributed by atoms with E-state index in [0.29, 0.717) is 17.5 Å². The Morgan fingerprint density at radius 1 is 0.375 bits per heavy atom. The average molecular weight is 715 g/mol. The van der Waals surface area contributed by atoms with Crippen molar-refractivity contribution in [3.05, 3.63) is 182 Å². The Morgan fingerprint density at radius 2 is 1.02 bits per heavy atom. The zero-order valence-electron chi connectivity index (χ0n) is 30.0. The molecular weight excluding hydrogens is 685 g/mol. The smallest absolute Gasteiger partial charge is 0.164 e. The van der Waals surface area contributed by atoms with Crippen LogP contribution in [-0.2, 0) is 0 Å². The number of fused-ring (bicyclic) bond motifs is 10. The molecule has 0 fully saturated rings. The molecule has 56 heavy (non-hydrogen) atoms. The monoisotopic (exact) mass is 714 g/mol. The van der Waals surface area contributed by atoms with E-state index in [2.05, 4.69) is 156 Å². The average Bonchev–Trinajstić information content (AvgIpc) is 3.81. The van der Waals surface area contributed by atoms with E-state index in [4.69, 9.17) is 19.4 Å². The lowest BCUT2D eigenvalue weighted by Gasteiger charge is -2.12. The molecule has 0 unspecified atom stereocenters. The molecule has 0 aliphatic heterocycles. The van der Waals surface area contributed by atoms with Crippen molar-refractivity contribution in [2.24, 2.45) is 0 Å². The fourth-order valence-electron chi connectivity index (χ4n) is 8.60. The number of hydrogen-bond donors (Lipinski definition) is 0. The van der Waals surface area contributed by atoms with E-state index >= 15 is 0 Å². The maximum atomic E-state index is 6.96. The Balaban J connectivity index is 1.13. The molecule has 0 saturated carbocycles. The molecule has 0 radical (unpaired) electrons. The summed E-state index contributed by atoms with van der Waals surface area (Å²) in [6.45, 7) is 0. The van der Waals surface area contributed by atoms with Gasteiger partial charge >= 0.3 is 0 Å². The van der Waals surface area contributed by atoms with Crippen LogP contribution in [0, 0.1) is 0 Å². The number of hydrogen-bond acceptors (Lipinski definition) is 4. The van der Waals surface area contributed by atoms with Gasteiger partial charge in [0.05, 0.1) is 11.0 Å². The molecule has 5 nitrogen and oxygen atoms in total. The third kappa shape index (κ3) is 4.64. The van der Waals surface area contributed by atoms with Gasteiger partial charge in [-0.05, 0) is 63.3 Å². The van der Waals surface area contributed by atoms with E-state index < -0.39 is 0 Å². The van der Waals surface area contributed by atoms with Gasteiger partial charge in [-0.15, -0.1) is 0 Å². The number of rotatable bonds is 4. The minimum Gasteiger partial charge on any atom is -0.455 e. The van der Waals surface area contributed by atoms with Gasteiger partial charge in [-0.25, -0.2) is 15.0 Å². The molecule has 0 amide bonds. The summed E-state index contributed by atoms with van der Waals surface area (Å²) >= 11 is 0. The van der Waals surface area contributed by atoms with Crippen LogP contribution in [-0.4, -0.2) is 19.5 Å². The van der Waals surface area contributed by atoms with Gasteiger partial charge in [0.1, 0.15) is 11.2 Å². The lowest BCUT2D eigenvalue weighted by Crippen LogP contribution is -2.01. The topological polar surface area (TPSA) is 56.7 Å². The molecule has 0 N–H and O–H groups in total. The van der Waals surface area contributed by atoms with E-state index in [1.165, 1.54) is 21.5 Å². The van der Waals surface area contributed by atoms with Crippen molar-refractivity contribution < 1.29 is 4.42 Å². The predicted octanol–water partition coefficient (Wildman–Crippen LogP) is 13.3. The highest BCUT2D eigenvalue weighted by Gasteiger charge is 2.22. The highest BCUT2D eigenvalue weighted by molar-refractivity contribution is 6.21. The lowest BCUT2D eigenvalue weighted by atomic mass is 9.99. The fourth-order valence-corrected chi connectivity index (χ4v) is 8.60. The van der Waals surface area contributed by atoms with Crippen molar-refractivity contribution in [3.63, 3.8) is 0 Å². The van der Waals surface area contributed by atoms with Crippen LogP contribution in [0.15, 0.2) is 186 Å². The third-order valence-electron chi connectivity index (χ3n) is 11.2. The molecule has 12 aromatic rings. The summed E-state index contributed by atoms with van der Waals surface area (Å²) < 4.78 is 9.32. The SMILES string of the molecule is c1ccc(-c2nc(-c3cccc4ccccc34)nc(-c3cc4ccccc4c4oc5cc(-n6c7ccccc7c7cc8ccccc8cc76)ccc5c34)n2)cc1. The second kappa shape index (κ2) is 11.9. The lowest BCUT2D eigenvalue weighted by molar-refractivity contribution is 0.672. The van der Waals surface area contributed by atoms with Gasteiger partial charge < -0.3 is 8.98 Å². The van der Waals surface area contributed by atoms with Crippen molar-refractivity contribution >= 4 is 76.1 Å². The van der Waals surface area contributed by atoms with E-state index in [-0.39, 0.29) is 0 Å². The van der Waals surface area contributed by atoms with Crippen molar-refractivity contribution in [2.45, 2.75) is 0 Å². The summed E-state index contributed by atoms with van der Waals surface area (Å²) in [7, 11) is 0. The minimum atomic E-state index is 0.596. The normalized spacial score (nSPS) is 11.9. The van der Waals surface area contributed by atoms with E-state index in [1.54, 1.807) is 0 Å². The molecule has 3 aromatic heterocycles. The summed E-state index contributed by atoms with van der Waals surface area (Å²) in [6.07, 6.45) is 0. The van der Waals surface area contributed by atoms with E-state index in [9.17, 15) is 0 Å². The number of benzene rings is 9. The molecular formula is C51H30N4O. The van der Waals surface area contributed by atoms with E-state index in [0.717, 1.165) is 76.9 Å². The first-order chi connectivity index (χ1) is 27.7. The highest BCUT2D eigenvalue weighted by Crippen LogP contribution is 2.43. The number of furan rings is 1. The molecule has 3 heterocycles. The van der Waals surface area contributed by atoms with Crippen LogP contribution in [0.25, 0.3) is 116 Å². The summed E-state index contributed by atoms with van der Waals surface area (Å²) in [5.74, 6) is 1.84. The van der Waals surface area contributed by atoms with Gasteiger partial charge in [0.15, 0.2) is 17.5 Å². The molecule has 0 saturated heterocycles. The van der Waals surface area contributed by atoms with Crippen LogP contribution < -0.4 is 0 Å². The van der Waals surface area contributed by atoms with Gasteiger partial charge in [-0.3, -0.25) is 0 Å². The Morgan fingerprint density at radius 3 is 1.86 bits per heavy atom. The summed E-state index contributed by atoms with van der Waals surface area (Å²) in [5.41, 5.74) is 7.74. The van der Waals surface area contributed by atoms with Crippen molar-refractivity contribution in [3.8, 4) is 39.9 Å². The first-order valence-electron chi connectivity index (χ1n) is 18.9. The summed E-state index contributed by atoms with van der Waals surface area (Å²) in [6, 6.07) is 63.8. The molecule has 5 heteroatoms. The standard InChI is InChI=1S/C51H30N4O/c1-2-14-32(15-3-1)49-52-50(40-23-12-19-31-13-6-8-20-37(31)40)54-51(53-49)43-28-35-18-7-9-21-38(35)48-47(43)41-26-25-36(30-46(41)56-48)55-44-24-11-10-22-39(44)42-27-33-16-4-5-17-34(33)29-45(42)55/h1-30H. The number of para-hydroxylation sites is 1. The summed E-state index contributed by atoms with van der Waals surface area (Å²) in [4.78, 5) is 15.6. The maximum Gasteiger partial charge on any atom is 0.164 e. The van der Waals surface area contributed by atoms with Gasteiger partial charge in [0, 0.05) is 55.4 Å². The number of aromatic nitrogens is 4. The minimum absolute atomic E-state index is 0.596. The molecule has 260 valence electrons. The van der Waals surface area contributed by atoms with Crippen molar-refractivity contribution in [1.82, 2.24) is 19.5 Å². The number of nitrogens with zero attached hydrogens (tertiary/aromatic N) is 4. The first-order valence-corrected chi connectivity index (χ1v) is 18.9. The zero-order chi connectivity index (χ0) is 36.7. The molecule has 0 aliphatic carbocycles. The van der Waals surface area contributed by atoms with Gasteiger partial charge in [-0.1, -0.05) is 140 Å². The van der Waals surface area contributed by atoms with Crippen molar-refractivity contribution in [1.29, 1.82) is 0 Å². The van der Waals surface area contributed by atoms with Crippen LogP contribution in [0.3, 0.4) is 0 Å². The fraction of sp³-hybridized carbons (Fsp3) is 0. The predicted molar refractivity (Wildman–Crippen MR) is 230 cm³/mol. The zero-order valence-corrected chi connectivity index (χ0v) is 30.0. The highest BCUT2D eigenvalue weighted by atomic mass is 16.3. The van der Waals surface area contributed by atoms with Gasteiger partial charge in [0.2, 0.25) is 0 Å². The molecule has 0 bridgehead atoms. The second-order valence-electron chi connectivity index (χ2n) is 14.4. The molecule has 9 aromatic carbocycles. The van der Waals surface area contributed by atoms with Gasteiger partial charge in [-0.2, -0.15) is 0 Å². The van der Waals surface area contributed by atoms with Crippen LogP contribution >= 0.6 is 0 Å². The Kier molecular flexibility index (Phi) is 6.56. The molecule has 0 aliphatic rings. The Labute approximate surface area is 320 Å².